The van der Waals surface area contributed by atoms with Gasteiger partial charge in [0.05, 0.1) is 5.41 Å². The summed E-state index contributed by atoms with van der Waals surface area (Å²) in [5.74, 6) is 0.266. The molecule has 21 heavy (non-hydrogen) atoms. The van der Waals surface area contributed by atoms with Gasteiger partial charge in [-0.15, -0.1) is 0 Å². The number of hydrogen-bond donors (Lipinski definition) is 1. The summed E-state index contributed by atoms with van der Waals surface area (Å²) in [7, 11) is 1.93. The van der Waals surface area contributed by atoms with E-state index in [0.717, 1.165) is 51.5 Å². The molecule has 3 heteroatoms. The van der Waals surface area contributed by atoms with Gasteiger partial charge >= 0.3 is 0 Å². The van der Waals surface area contributed by atoms with Gasteiger partial charge in [-0.25, -0.2) is 0 Å². The minimum Gasteiger partial charge on any atom is -0.345 e. The highest BCUT2D eigenvalue weighted by atomic mass is 16.2. The van der Waals surface area contributed by atoms with Crippen molar-refractivity contribution in [3.05, 3.63) is 35.9 Å². The third kappa shape index (κ3) is 4.07. The van der Waals surface area contributed by atoms with Gasteiger partial charge in [0, 0.05) is 20.1 Å². The predicted octanol–water partition coefficient (Wildman–Crippen LogP) is 2.99. The van der Waals surface area contributed by atoms with Gasteiger partial charge in [0.1, 0.15) is 0 Å². The molecule has 1 aliphatic rings. The SMILES string of the molecule is CN(CCCCc1ccccc1)C(=O)C1(CN)CCCC1. The Bertz CT molecular complexity index is 438. The van der Waals surface area contributed by atoms with E-state index < -0.39 is 0 Å². The molecule has 0 unspecified atom stereocenters. The first-order chi connectivity index (χ1) is 10.2. The molecule has 0 aromatic heterocycles. The maximum absolute atomic E-state index is 12.6. The molecule has 2 N–H and O–H groups in total. The van der Waals surface area contributed by atoms with Gasteiger partial charge in [-0.1, -0.05) is 43.2 Å². The summed E-state index contributed by atoms with van der Waals surface area (Å²) in [4.78, 5) is 14.5. The number of benzene rings is 1. The molecule has 0 spiro atoms. The third-order valence-electron chi connectivity index (χ3n) is 4.80. The van der Waals surface area contributed by atoms with Crippen molar-refractivity contribution in [1.29, 1.82) is 0 Å². The molecule has 0 bridgehead atoms. The molecule has 2 rings (SSSR count). The lowest BCUT2D eigenvalue weighted by Crippen LogP contribution is -2.45. The summed E-state index contributed by atoms with van der Waals surface area (Å²) in [6.07, 6.45) is 7.49. The monoisotopic (exact) mass is 288 g/mol. The molecule has 1 saturated carbocycles. The highest BCUT2D eigenvalue weighted by Gasteiger charge is 2.41. The summed E-state index contributed by atoms with van der Waals surface area (Å²) >= 11 is 0. The minimum atomic E-state index is -0.256. The quantitative estimate of drug-likeness (QED) is 0.784. The zero-order valence-electron chi connectivity index (χ0n) is 13.2. The summed E-state index contributed by atoms with van der Waals surface area (Å²) < 4.78 is 0. The van der Waals surface area contributed by atoms with Crippen molar-refractivity contribution in [3.8, 4) is 0 Å². The largest absolute Gasteiger partial charge is 0.345 e. The van der Waals surface area contributed by atoms with Crippen LogP contribution in [-0.4, -0.2) is 30.9 Å². The van der Waals surface area contributed by atoms with Crippen LogP contribution in [0, 0.1) is 5.41 Å². The third-order valence-corrected chi connectivity index (χ3v) is 4.80. The second-order valence-electron chi connectivity index (χ2n) is 6.36. The topological polar surface area (TPSA) is 46.3 Å². The molecule has 0 heterocycles. The van der Waals surface area contributed by atoms with Crippen molar-refractivity contribution in [3.63, 3.8) is 0 Å². The average molecular weight is 288 g/mol. The van der Waals surface area contributed by atoms with E-state index in [9.17, 15) is 4.79 Å². The Hall–Kier alpha value is -1.35. The predicted molar refractivity (Wildman–Crippen MR) is 87.0 cm³/mol. The normalized spacial score (nSPS) is 16.9. The smallest absolute Gasteiger partial charge is 0.229 e. The van der Waals surface area contributed by atoms with E-state index in [1.165, 1.54) is 5.56 Å². The molecule has 3 nitrogen and oxygen atoms in total. The highest BCUT2D eigenvalue weighted by molar-refractivity contribution is 5.83. The summed E-state index contributed by atoms with van der Waals surface area (Å²) in [5, 5.41) is 0. The average Bonchev–Trinajstić information content (AvgIpc) is 3.02. The zero-order chi connectivity index (χ0) is 15.1. The van der Waals surface area contributed by atoms with Gasteiger partial charge in [0.25, 0.3) is 0 Å². The number of hydrogen-bond acceptors (Lipinski definition) is 2. The molecule has 1 aromatic rings. The lowest BCUT2D eigenvalue weighted by molar-refractivity contribution is -0.140. The molecule has 0 saturated heterocycles. The van der Waals surface area contributed by atoms with Gasteiger partial charge in [-0.05, 0) is 37.7 Å². The Labute approximate surface area is 128 Å². The van der Waals surface area contributed by atoms with E-state index >= 15 is 0 Å². The number of rotatable bonds is 7. The number of unbranched alkanes of at least 4 members (excludes halogenated alkanes) is 1. The van der Waals surface area contributed by atoms with Crippen molar-refractivity contribution in [2.45, 2.75) is 44.9 Å². The molecule has 1 aliphatic carbocycles. The van der Waals surface area contributed by atoms with E-state index in [2.05, 4.69) is 24.3 Å². The molecule has 116 valence electrons. The van der Waals surface area contributed by atoms with Crippen LogP contribution >= 0.6 is 0 Å². The fourth-order valence-electron chi connectivity index (χ4n) is 3.39. The molecular weight excluding hydrogens is 260 g/mol. The molecule has 1 amide bonds. The number of amides is 1. The first-order valence-corrected chi connectivity index (χ1v) is 8.17. The highest BCUT2D eigenvalue weighted by Crippen LogP contribution is 2.38. The number of carbonyl (C=O) groups is 1. The fraction of sp³-hybridized carbons (Fsp3) is 0.611. The second-order valence-corrected chi connectivity index (χ2v) is 6.36. The Morgan fingerprint density at radius 1 is 1.19 bits per heavy atom. The number of nitrogens with two attached hydrogens (primary N) is 1. The van der Waals surface area contributed by atoms with E-state index in [4.69, 9.17) is 5.73 Å². The van der Waals surface area contributed by atoms with Gasteiger partial charge < -0.3 is 10.6 Å². The first-order valence-electron chi connectivity index (χ1n) is 8.17. The number of nitrogens with zero attached hydrogens (tertiary/aromatic N) is 1. The zero-order valence-corrected chi connectivity index (χ0v) is 13.2. The van der Waals surface area contributed by atoms with Gasteiger partial charge in [0.15, 0.2) is 0 Å². The van der Waals surface area contributed by atoms with Gasteiger partial charge in [-0.3, -0.25) is 4.79 Å². The van der Waals surface area contributed by atoms with Crippen molar-refractivity contribution in [1.82, 2.24) is 4.90 Å². The standard InChI is InChI=1S/C18H28N2O/c1-20(17(21)18(15-19)12-6-7-13-18)14-8-5-11-16-9-3-2-4-10-16/h2-4,9-10H,5-8,11-15,19H2,1H3. The summed E-state index contributed by atoms with van der Waals surface area (Å²) in [6, 6.07) is 10.5. The molecule has 0 radical (unpaired) electrons. The maximum atomic E-state index is 12.6. The number of carbonyl (C=O) groups excluding carboxylic acids is 1. The first kappa shape index (κ1) is 16.0. The molecular formula is C18H28N2O. The lowest BCUT2D eigenvalue weighted by Gasteiger charge is -2.31. The Balaban J connectivity index is 1.74. The van der Waals surface area contributed by atoms with Crippen LogP contribution in [0.15, 0.2) is 30.3 Å². The minimum absolute atomic E-state index is 0.256. The van der Waals surface area contributed by atoms with Crippen LogP contribution in [-0.2, 0) is 11.2 Å². The van der Waals surface area contributed by atoms with E-state index in [0.29, 0.717) is 6.54 Å². The van der Waals surface area contributed by atoms with Crippen molar-refractivity contribution in [2.75, 3.05) is 20.1 Å². The molecule has 1 aromatic carbocycles. The van der Waals surface area contributed by atoms with Crippen LogP contribution in [0.4, 0.5) is 0 Å². The Morgan fingerprint density at radius 3 is 2.48 bits per heavy atom. The molecule has 0 atom stereocenters. The molecule has 1 fully saturated rings. The van der Waals surface area contributed by atoms with Gasteiger partial charge in [0.2, 0.25) is 5.91 Å². The van der Waals surface area contributed by atoms with E-state index in [1.807, 2.05) is 18.0 Å². The van der Waals surface area contributed by atoms with Crippen LogP contribution in [0.3, 0.4) is 0 Å². The maximum Gasteiger partial charge on any atom is 0.229 e. The van der Waals surface area contributed by atoms with Crippen LogP contribution in [0.5, 0.6) is 0 Å². The number of aryl methyl sites for hydroxylation is 1. The van der Waals surface area contributed by atoms with Crippen LogP contribution < -0.4 is 5.73 Å². The van der Waals surface area contributed by atoms with Crippen molar-refractivity contribution >= 4 is 5.91 Å². The summed E-state index contributed by atoms with van der Waals surface area (Å²) in [5.41, 5.74) is 7.01. The summed E-state index contributed by atoms with van der Waals surface area (Å²) in [6.45, 7) is 1.34. The van der Waals surface area contributed by atoms with E-state index in [1.54, 1.807) is 0 Å². The van der Waals surface area contributed by atoms with Crippen LogP contribution in [0.1, 0.15) is 44.1 Å². The van der Waals surface area contributed by atoms with Crippen molar-refractivity contribution < 1.29 is 4.79 Å². The Kier molecular flexibility index (Phi) is 5.80. The van der Waals surface area contributed by atoms with Gasteiger partial charge in [-0.2, -0.15) is 0 Å². The lowest BCUT2D eigenvalue weighted by atomic mass is 9.84. The van der Waals surface area contributed by atoms with Crippen molar-refractivity contribution in [2.24, 2.45) is 11.1 Å². The fourth-order valence-corrected chi connectivity index (χ4v) is 3.39. The van der Waals surface area contributed by atoms with E-state index in [-0.39, 0.29) is 11.3 Å². The molecule has 0 aliphatic heterocycles. The Morgan fingerprint density at radius 2 is 1.86 bits per heavy atom. The van der Waals surface area contributed by atoms with Crippen LogP contribution in [0.2, 0.25) is 0 Å². The van der Waals surface area contributed by atoms with Crippen LogP contribution in [0.25, 0.3) is 0 Å². The second kappa shape index (κ2) is 7.60.